The Kier molecular flexibility index (Phi) is 6.68. The summed E-state index contributed by atoms with van der Waals surface area (Å²) in [5.74, 6) is -1.16. The Morgan fingerprint density at radius 1 is 1.18 bits per heavy atom. The third kappa shape index (κ3) is 6.96. The summed E-state index contributed by atoms with van der Waals surface area (Å²) >= 11 is 0. The fourth-order valence-corrected chi connectivity index (χ4v) is 1.49. The molecule has 1 aromatic rings. The van der Waals surface area contributed by atoms with Crippen LogP contribution in [0.25, 0.3) is 0 Å². The Bertz CT molecular complexity index is 491. The van der Waals surface area contributed by atoms with Crippen molar-refractivity contribution in [2.24, 2.45) is 0 Å². The highest BCUT2D eigenvalue weighted by atomic mass is 19.4. The predicted octanol–water partition coefficient (Wildman–Crippen LogP) is 2.80. The number of carbonyl (C=O) groups is 2. The summed E-state index contributed by atoms with van der Waals surface area (Å²) in [6, 6.07) is 7.61. The average Bonchev–Trinajstić information content (AvgIpc) is 2.48. The SMILES string of the molecule is CC[C@@H](NC(=O)OCc1ccccc1)C(=O)OCC(F)(F)F. The molecule has 1 rings (SSSR count). The molecule has 0 heterocycles. The number of esters is 1. The first-order valence-corrected chi connectivity index (χ1v) is 6.52. The fraction of sp³-hybridized carbons (Fsp3) is 0.429. The number of nitrogens with one attached hydrogen (secondary N) is 1. The minimum atomic E-state index is -4.61. The predicted molar refractivity (Wildman–Crippen MR) is 70.9 cm³/mol. The number of hydrogen-bond donors (Lipinski definition) is 1. The monoisotopic (exact) mass is 319 g/mol. The average molecular weight is 319 g/mol. The van der Waals surface area contributed by atoms with Crippen LogP contribution in [-0.2, 0) is 20.9 Å². The number of alkyl halides is 3. The quantitative estimate of drug-likeness (QED) is 0.819. The zero-order chi connectivity index (χ0) is 16.6. The molecule has 0 bridgehead atoms. The number of amides is 1. The minimum Gasteiger partial charge on any atom is -0.455 e. The molecule has 0 radical (unpaired) electrons. The third-order valence-corrected chi connectivity index (χ3v) is 2.58. The number of benzene rings is 1. The number of halogens is 3. The molecular weight excluding hydrogens is 303 g/mol. The maximum Gasteiger partial charge on any atom is 0.422 e. The molecule has 1 atom stereocenters. The lowest BCUT2D eigenvalue weighted by molar-refractivity contribution is -0.187. The van der Waals surface area contributed by atoms with Gasteiger partial charge in [-0.2, -0.15) is 13.2 Å². The summed E-state index contributed by atoms with van der Waals surface area (Å²) in [6.07, 6.45) is -5.43. The summed E-state index contributed by atoms with van der Waals surface area (Å²) in [5, 5.41) is 2.17. The van der Waals surface area contributed by atoms with Crippen molar-refractivity contribution in [3.05, 3.63) is 35.9 Å². The van der Waals surface area contributed by atoms with Gasteiger partial charge < -0.3 is 14.8 Å². The van der Waals surface area contributed by atoms with Crippen LogP contribution in [0.3, 0.4) is 0 Å². The van der Waals surface area contributed by atoms with Gasteiger partial charge in [0.2, 0.25) is 0 Å². The lowest BCUT2D eigenvalue weighted by atomic mass is 10.2. The first-order chi connectivity index (χ1) is 10.3. The Labute approximate surface area is 125 Å². The smallest absolute Gasteiger partial charge is 0.422 e. The van der Waals surface area contributed by atoms with Crippen LogP contribution in [0.4, 0.5) is 18.0 Å². The van der Waals surface area contributed by atoms with Crippen LogP contribution >= 0.6 is 0 Å². The van der Waals surface area contributed by atoms with Crippen molar-refractivity contribution < 1.29 is 32.2 Å². The van der Waals surface area contributed by atoms with Crippen LogP contribution < -0.4 is 5.32 Å². The topological polar surface area (TPSA) is 64.6 Å². The van der Waals surface area contributed by atoms with Crippen LogP contribution in [0.5, 0.6) is 0 Å². The van der Waals surface area contributed by atoms with Gasteiger partial charge in [0.15, 0.2) is 6.61 Å². The molecule has 1 N–H and O–H groups in total. The number of ether oxygens (including phenoxy) is 2. The normalized spacial score (nSPS) is 12.4. The van der Waals surface area contributed by atoms with E-state index < -0.39 is 30.9 Å². The molecule has 0 aliphatic rings. The minimum absolute atomic E-state index is 0.0132. The third-order valence-electron chi connectivity index (χ3n) is 2.58. The first-order valence-electron chi connectivity index (χ1n) is 6.52. The Morgan fingerprint density at radius 2 is 1.82 bits per heavy atom. The zero-order valence-corrected chi connectivity index (χ0v) is 11.9. The van der Waals surface area contributed by atoms with E-state index in [1.165, 1.54) is 6.92 Å². The molecule has 0 unspecified atom stereocenters. The van der Waals surface area contributed by atoms with Gasteiger partial charge in [-0.1, -0.05) is 37.3 Å². The van der Waals surface area contributed by atoms with Crippen LogP contribution in [0.1, 0.15) is 18.9 Å². The van der Waals surface area contributed by atoms with Gasteiger partial charge in [-0.25, -0.2) is 9.59 Å². The van der Waals surface area contributed by atoms with Gasteiger partial charge in [-0.15, -0.1) is 0 Å². The molecule has 0 saturated carbocycles. The van der Waals surface area contributed by atoms with Crippen molar-refractivity contribution in [2.75, 3.05) is 6.61 Å². The summed E-state index contributed by atoms with van der Waals surface area (Å²) in [6.45, 7) is -0.180. The standard InChI is InChI=1S/C14H16F3NO4/c1-2-11(12(19)22-9-14(15,16)17)18-13(20)21-8-10-6-4-3-5-7-10/h3-7,11H,2,8-9H2,1H3,(H,18,20)/t11-/m1/s1. The Balaban J connectivity index is 2.41. The fourth-order valence-electron chi connectivity index (χ4n) is 1.49. The van der Waals surface area contributed by atoms with E-state index in [1.54, 1.807) is 30.3 Å². The van der Waals surface area contributed by atoms with Gasteiger partial charge in [0.25, 0.3) is 0 Å². The van der Waals surface area contributed by atoms with Crippen LogP contribution in [0, 0.1) is 0 Å². The maximum absolute atomic E-state index is 12.0. The highest BCUT2D eigenvalue weighted by Crippen LogP contribution is 2.15. The van der Waals surface area contributed by atoms with Gasteiger partial charge in [0.1, 0.15) is 12.6 Å². The van der Waals surface area contributed by atoms with Crippen LogP contribution in [-0.4, -0.2) is 30.9 Å². The molecule has 5 nitrogen and oxygen atoms in total. The summed E-state index contributed by atoms with van der Waals surface area (Å²) in [5.41, 5.74) is 0.741. The van der Waals surface area contributed by atoms with E-state index in [0.29, 0.717) is 0 Å². The molecule has 0 saturated heterocycles. The maximum atomic E-state index is 12.0. The molecule has 122 valence electrons. The molecule has 0 aromatic heterocycles. The van der Waals surface area contributed by atoms with Gasteiger partial charge >= 0.3 is 18.2 Å². The lowest BCUT2D eigenvalue weighted by Gasteiger charge is -2.16. The van der Waals surface area contributed by atoms with Crippen molar-refractivity contribution in [1.82, 2.24) is 5.32 Å². The summed E-state index contributed by atoms with van der Waals surface area (Å²) in [7, 11) is 0. The van der Waals surface area contributed by atoms with Crippen molar-refractivity contribution in [3.63, 3.8) is 0 Å². The molecule has 0 fully saturated rings. The van der Waals surface area contributed by atoms with Gasteiger partial charge in [-0.3, -0.25) is 0 Å². The Hall–Kier alpha value is -2.25. The zero-order valence-electron chi connectivity index (χ0n) is 11.9. The first kappa shape index (κ1) is 17.8. The molecule has 22 heavy (non-hydrogen) atoms. The van der Waals surface area contributed by atoms with Crippen molar-refractivity contribution in [3.8, 4) is 0 Å². The molecule has 0 aliphatic carbocycles. The van der Waals surface area contributed by atoms with Crippen LogP contribution in [0.2, 0.25) is 0 Å². The second-order valence-corrected chi connectivity index (χ2v) is 4.39. The molecule has 1 amide bonds. The largest absolute Gasteiger partial charge is 0.455 e. The number of carbonyl (C=O) groups excluding carboxylic acids is 2. The van der Waals surface area contributed by atoms with E-state index >= 15 is 0 Å². The van der Waals surface area contributed by atoms with E-state index in [0.717, 1.165) is 5.56 Å². The molecular formula is C14H16F3NO4. The van der Waals surface area contributed by atoms with E-state index in [4.69, 9.17) is 4.74 Å². The van der Waals surface area contributed by atoms with E-state index in [2.05, 4.69) is 10.1 Å². The van der Waals surface area contributed by atoms with E-state index in [9.17, 15) is 22.8 Å². The Morgan fingerprint density at radius 3 is 2.36 bits per heavy atom. The van der Waals surface area contributed by atoms with Gasteiger partial charge in [-0.05, 0) is 12.0 Å². The molecule has 8 heteroatoms. The second kappa shape index (κ2) is 8.26. The van der Waals surface area contributed by atoms with Gasteiger partial charge in [0, 0.05) is 0 Å². The van der Waals surface area contributed by atoms with Gasteiger partial charge in [0.05, 0.1) is 0 Å². The molecule has 0 spiro atoms. The molecule has 1 aromatic carbocycles. The van der Waals surface area contributed by atoms with Crippen LogP contribution in [0.15, 0.2) is 30.3 Å². The van der Waals surface area contributed by atoms with Crippen molar-refractivity contribution in [1.29, 1.82) is 0 Å². The lowest BCUT2D eigenvalue weighted by Crippen LogP contribution is -2.42. The highest BCUT2D eigenvalue weighted by molar-refractivity contribution is 5.81. The summed E-state index contributed by atoms with van der Waals surface area (Å²) in [4.78, 5) is 23.0. The number of hydrogen-bond acceptors (Lipinski definition) is 4. The highest BCUT2D eigenvalue weighted by Gasteiger charge is 2.31. The summed E-state index contributed by atoms with van der Waals surface area (Å²) < 4.78 is 44.9. The number of alkyl carbamates (subject to hydrolysis) is 1. The van der Waals surface area contributed by atoms with Crippen molar-refractivity contribution in [2.45, 2.75) is 32.2 Å². The van der Waals surface area contributed by atoms with E-state index in [-0.39, 0.29) is 13.0 Å². The van der Waals surface area contributed by atoms with E-state index in [1.807, 2.05) is 0 Å². The second-order valence-electron chi connectivity index (χ2n) is 4.39. The molecule has 0 aliphatic heterocycles. The number of rotatable bonds is 6. The van der Waals surface area contributed by atoms with Crippen molar-refractivity contribution >= 4 is 12.1 Å².